The Morgan fingerprint density at radius 3 is 3.11 bits per heavy atom. The van der Waals surface area contributed by atoms with Crippen LogP contribution in [-0.4, -0.2) is 30.2 Å². The number of hydrogen-bond donors (Lipinski definition) is 0. The molecule has 1 fully saturated rings. The van der Waals surface area contributed by atoms with Gasteiger partial charge in [0.15, 0.2) is 0 Å². The maximum atomic E-state index is 5.41. The average Bonchev–Trinajstić information content (AvgIpc) is 3.12. The van der Waals surface area contributed by atoms with Gasteiger partial charge in [-0.15, -0.1) is 0 Å². The highest BCUT2D eigenvalue weighted by atomic mass is 16.5. The second kappa shape index (κ2) is 5.40. The third kappa shape index (κ3) is 2.76. The molecule has 1 aliphatic heterocycles. The summed E-state index contributed by atoms with van der Waals surface area (Å²) in [5.41, 5.74) is 2.20. The first-order valence-electron chi connectivity index (χ1n) is 6.45. The van der Waals surface area contributed by atoms with Gasteiger partial charge in [-0.2, -0.15) is 0 Å². The van der Waals surface area contributed by atoms with Crippen LogP contribution >= 0.6 is 0 Å². The maximum Gasteiger partial charge on any atom is 0.132 e. The minimum atomic E-state index is 0.407. The van der Waals surface area contributed by atoms with E-state index in [0.29, 0.717) is 5.92 Å². The Bertz CT molecular complexity index is 521. The molecule has 0 saturated carbocycles. The first kappa shape index (κ1) is 12.2. The maximum absolute atomic E-state index is 5.41. The van der Waals surface area contributed by atoms with E-state index in [1.807, 2.05) is 13.1 Å². The van der Waals surface area contributed by atoms with Crippen LogP contribution in [0.1, 0.15) is 23.6 Å². The zero-order valence-electron chi connectivity index (χ0n) is 11.0. The normalized spacial score (nSPS) is 18.7. The van der Waals surface area contributed by atoms with E-state index >= 15 is 0 Å². The van der Waals surface area contributed by atoms with Crippen LogP contribution in [0.5, 0.6) is 0 Å². The van der Waals surface area contributed by atoms with E-state index in [1.54, 1.807) is 18.9 Å². The van der Waals surface area contributed by atoms with E-state index in [9.17, 15) is 0 Å². The van der Waals surface area contributed by atoms with Gasteiger partial charge in [0.05, 0.1) is 24.8 Å². The summed E-state index contributed by atoms with van der Waals surface area (Å²) in [6.45, 7) is 2.37. The molecule has 1 saturated heterocycles. The second-order valence-corrected chi connectivity index (χ2v) is 4.85. The highest BCUT2D eigenvalue weighted by Gasteiger charge is 2.20. The molecule has 3 rings (SSSR count). The number of aromatic nitrogens is 2. The van der Waals surface area contributed by atoms with E-state index in [0.717, 1.165) is 43.3 Å². The van der Waals surface area contributed by atoms with Crippen LogP contribution in [0.3, 0.4) is 0 Å². The molecule has 0 N–H and O–H groups in total. The summed E-state index contributed by atoms with van der Waals surface area (Å²) in [4.78, 5) is 10.8. The molecule has 2 aromatic rings. The number of hydrogen-bond acceptors (Lipinski definition) is 5. The lowest BCUT2D eigenvalue weighted by atomic mass is 10.0. The smallest absolute Gasteiger partial charge is 0.132 e. The number of anilines is 1. The van der Waals surface area contributed by atoms with Gasteiger partial charge in [-0.3, -0.25) is 0 Å². The molecule has 0 radical (unpaired) electrons. The molecule has 0 bridgehead atoms. The molecule has 1 aliphatic rings. The highest BCUT2D eigenvalue weighted by molar-refractivity contribution is 5.39. The van der Waals surface area contributed by atoms with Gasteiger partial charge in [0, 0.05) is 37.7 Å². The van der Waals surface area contributed by atoms with Crippen LogP contribution in [0.4, 0.5) is 5.82 Å². The van der Waals surface area contributed by atoms with Gasteiger partial charge in [0.25, 0.3) is 0 Å². The molecule has 3 heterocycles. The van der Waals surface area contributed by atoms with Crippen molar-refractivity contribution in [3.8, 4) is 0 Å². The number of nitrogens with zero attached hydrogens (tertiary/aromatic N) is 3. The van der Waals surface area contributed by atoms with Gasteiger partial charge >= 0.3 is 0 Å². The van der Waals surface area contributed by atoms with E-state index in [4.69, 9.17) is 9.15 Å². The Morgan fingerprint density at radius 2 is 2.37 bits per heavy atom. The first-order chi connectivity index (χ1) is 9.33. The van der Waals surface area contributed by atoms with E-state index < -0.39 is 0 Å². The SMILES string of the molecule is CN(Cc1ccoc1)c1cc([C@H]2CCOC2)ncn1. The second-order valence-electron chi connectivity index (χ2n) is 4.85. The third-order valence-corrected chi connectivity index (χ3v) is 3.41. The fraction of sp³-hybridized carbons (Fsp3) is 0.429. The van der Waals surface area contributed by atoms with E-state index in [-0.39, 0.29) is 0 Å². The molecule has 0 aliphatic carbocycles. The topological polar surface area (TPSA) is 51.4 Å². The minimum absolute atomic E-state index is 0.407. The van der Waals surface area contributed by atoms with Gasteiger partial charge < -0.3 is 14.1 Å². The minimum Gasteiger partial charge on any atom is -0.472 e. The van der Waals surface area contributed by atoms with Crippen LogP contribution in [0.25, 0.3) is 0 Å². The van der Waals surface area contributed by atoms with Gasteiger partial charge in [0.1, 0.15) is 12.1 Å². The quantitative estimate of drug-likeness (QED) is 0.842. The third-order valence-electron chi connectivity index (χ3n) is 3.41. The summed E-state index contributed by atoms with van der Waals surface area (Å²) in [6, 6.07) is 4.02. The highest BCUT2D eigenvalue weighted by Crippen LogP contribution is 2.25. The lowest BCUT2D eigenvalue weighted by Crippen LogP contribution is -2.18. The summed E-state index contributed by atoms with van der Waals surface area (Å²) in [5.74, 6) is 1.34. The van der Waals surface area contributed by atoms with Crippen molar-refractivity contribution < 1.29 is 9.15 Å². The predicted molar refractivity (Wildman–Crippen MR) is 71.0 cm³/mol. The standard InChI is InChI=1S/C14H17N3O2/c1-17(7-11-2-4-18-8-11)14-6-13(15-10-16-14)12-3-5-19-9-12/h2,4,6,8,10,12H,3,5,7,9H2,1H3/t12-/m0/s1. The van der Waals surface area contributed by atoms with Crippen LogP contribution in [0.15, 0.2) is 35.4 Å². The average molecular weight is 259 g/mol. The first-order valence-corrected chi connectivity index (χ1v) is 6.45. The molecule has 0 spiro atoms. The predicted octanol–water partition coefficient (Wildman–Crippen LogP) is 2.21. The van der Waals surface area contributed by atoms with Crippen LogP contribution in [0.2, 0.25) is 0 Å². The van der Waals surface area contributed by atoms with Crippen molar-refractivity contribution in [3.05, 3.63) is 42.2 Å². The van der Waals surface area contributed by atoms with Gasteiger partial charge in [-0.05, 0) is 12.5 Å². The molecule has 2 aromatic heterocycles. The van der Waals surface area contributed by atoms with Gasteiger partial charge in [0.2, 0.25) is 0 Å². The molecule has 1 atom stereocenters. The van der Waals surface area contributed by atoms with Crippen LogP contribution in [-0.2, 0) is 11.3 Å². The Hall–Kier alpha value is -1.88. The molecule has 100 valence electrons. The molecule has 5 nitrogen and oxygen atoms in total. The largest absolute Gasteiger partial charge is 0.472 e. The Labute approximate surface area is 112 Å². The fourth-order valence-electron chi connectivity index (χ4n) is 2.30. The Morgan fingerprint density at radius 1 is 1.42 bits per heavy atom. The van der Waals surface area contributed by atoms with E-state index in [2.05, 4.69) is 20.9 Å². The monoisotopic (exact) mass is 259 g/mol. The summed E-state index contributed by atoms with van der Waals surface area (Å²) in [7, 11) is 2.02. The summed E-state index contributed by atoms with van der Waals surface area (Å²) in [5, 5.41) is 0. The summed E-state index contributed by atoms with van der Waals surface area (Å²) in [6.07, 6.45) is 6.12. The van der Waals surface area contributed by atoms with Crippen molar-refractivity contribution in [2.75, 3.05) is 25.2 Å². The molecule has 0 amide bonds. The number of rotatable bonds is 4. The summed E-state index contributed by atoms with van der Waals surface area (Å²) < 4.78 is 10.5. The van der Waals surface area contributed by atoms with Crippen molar-refractivity contribution in [3.63, 3.8) is 0 Å². The van der Waals surface area contributed by atoms with Gasteiger partial charge in [-0.1, -0.05) is 0 Å². The number of ether oxygens (including phenoxy) is 1. The van der Waals surface area contributed by atoms with Crippen LogP contribution in [0, 0.1) is 0 Å². The summed E-state index contributed by atoms with van der Waals surface area (Å²) >= 11 is 0. The van der Waals surface area contributed by atoms with Crippen molar-refractivity contribution in [2.24, 2.45) is 0 Å². The lowest BCUT2D eigenvalue weighted by molar-refractivity contribution is 0.193. The van der Waals surface area contributed by atoms with Crippen molar-refractivity contribution in [2.45, 2.75) is 18.9 Å². The zero-order valence-corrected chi connectivity index (χ0v) is 11.0. The van der Waals surface area contributed by atoms with Crippen molar-refractivity contribution >= 4 is 5.82 Å². The molecule has 5 heteroatoms. The fourth-order valence-corrected chi connectivity index (χ4v) is 2.30. The van der Waals surface area contributed by atoms with Crippen molar-refractivity contribution in [1.29, 1.82) is 0 Å². The molecular weight excluding hydrogens is 242 g/mol. The number of furan rings is 1. The molecule has 19 heavy (non-hydrogen) atoms. The Balaban J connectivity index is 1.74. The molecular formula is C14H17N3O2. The molecule has 0 aromatic carbocycles. The lowest BCUT2D eigenvalue weighted by Gasteiger charge is -2.18. The zero-order chi connectivity index (χ0) is 13.1. The van der Waals surface area contributed by atoms with Crippen molar-refractivity contribution in [1.82, 2.24) is 9.97 Å². The van der Waals surface area contributed by atoms with Gasteiger partial charge in [-0.25, -0.2) is 9.97 Å². The van der Waals surface area contributed by atoms with Crippen LogP contribution < -0.4 is 4.90 Å². The molecule has 0 unspecified atom stereocenters. The van der Waals surface area contributed by atoms with E-state index in [1.165, 1.54) is 0 Å². The Kier molecular flexibility index (Phi) is 3.46.